The molecule has 3 heterocycles. The number of nitrogens with zero attached hydrogens (tertiary/aromatic N) is 4. The van der Waals surface area contributed by atoms with Crippen LogP contribution < -0.4 is 15.1 Å². The van der Waals surface area contributed by atoms with Crippen LogP contribution in [0.5, 0.6) is 0 Å². The van der Waals surface area contributed by atoms with Crippen LogP contribution in [0.3, 0.4) is 0 Å². The van der Waals surface area contributed by atoms with E-state index in [-0.39, 0.29) is 12.1 Å². The Morgan fingerprint density at radius 3 is 2.33 bits per heavy atom. The van der Waals surface area contributed by atoms with Gasteiger partial charge in [0.25, 0.3) is 0 Å². The van der Waals surface area contributed by atoms with Gasteiger partial charge in [0.05, 0.1) is 17.8 Å². The van der Waals surface area contributed by atoms with Crippen LogP contribution in [0, 0.1) is 27.7 Å². The van der Waals surface area contributed by atoms with Crippen molar-refractivity contribution in [3.63, 3.8) is 0 Å². The molecule has 0 radical (unpaired) electrons. The summed E-state index contributed by atoms with van der Waals surface area (Å²) in [6.45, 7) is 8.72. The van der Waals surface area contributed by atoms with Crippen LogP contribution in [-0.4, -0.2) is 28.8 Å². The Balaban J connectivity index is 1.67. The van der Waals surface area contributed by atoms with E-state index in [1.54, 1.807) is 0 Å². The third-order valence-electron chi connectivity index (χ3n) is 7.14. The van der Waals surface area contributed by atoms with Crippen molar-refractivity contribution >= 4 is 28.7 Å². The number of nitrogens with one attached hydrogen (secondary N) is 1. The molecule has 1 aliphatic rings. The highest BCUT2D eigenvalue weighted by Gasteiger charge is 2.42. The molecular weight excluding hydrogens is 462 g/mol. The lowest BCUT2D eigenvalue weighted by atomic mass is 9.96. The summed E-state index contributed by atoms with van der Waals surface area (Å²) in [5.74, 6) is 0. The molecular formula is C30H33N5S. The van der Waals surface area contributed by atoms with Gasteiger partial charge in [0.1, 0.15) is 0 Å². The lowest BCUT2D eigenvalue weighted by molar-refractivity contribution is 0.565. The summed E-state index contributed by atoms with van der Waals surface area (Å²) >= 11 is 5.95. The first-order valence-electron chi connectivity index (χ1n) is 12.3. The van der Waals surface area contributed by atoms with Gasteiger partial charge in [-0.1, -0.05) is 18.2 Å². The molecule has 0 saturated carbocycles. The minimum absolute atomic E-state index is 0.0392. The van der Waals surface area contributed by atoms with Crippen LogP contribution in [0.2, 0.25) is 0 Å². The lowest BCUT2D eigenvalue weighted by Crippen LogP contribution is -2.29. The average Bonchev–Trinajstić information content (AvgIpc) is 3.36. The first-order chi connectivity index (χ1) is 17.3. The fourth-order valence-electron chi connectivity index (χ4n) is 5.28. The van der Waals surface area contributed by atoms with Crippen molar-refractivity contribution in [2.45, 2.75) is 39.8 Å². The summed E-state index contributed by atoms with van der Waals surface area (Å²) in [7, 11) is 4.11. The Labute approximate surface area is 219 Å². The summed E-state index contributed by atoms with van der Waals surface area (Å²) in [5, 5.41) is 4.31. The molecule has 1 aliphatic heterocycles. The SMILES string of the molecule is Cc1ccc(C)c(-n2c(C)cc(C3C(c4ccccn4)NC(=S)N3c3ccc(N(C)C)cc3)c2C)c1. The van der Waals surface area contributed by atoms with Gasteiger partial charge in [-0.15, -0.1) is 0 Å². The summed E-state index contributed by atoms with van der Waals surface area (Å²) in [5.41, 5.74) is 10.6. The van der Waals surface area contributed by atoms with Gasteiger partial charge >= 0.3 is 0 Å². The predicted octanol–water partition coefficient (Wildman–Crippen LogP) is 6.35. The molecule has 0 bridgehead atoms. The molecule has 5 nitrogen and oxygen atoms in total. The van der Waals surface area contributed by atoms with Gasteiger partial charge in [0.2, 0.25) is 0 Å². The van der Waals surface area contributed by atoms with Gasteiger partial charge in [-0.3, -0.25) is 4.98 Å². The molecule has 1 fully saturated rings. The number of aromatic nitrogens is 2. The van der Waals surface area contributed by atoms with Crippen LogP contribution in [0.4, 0.5) is 11.4 Å². The number of anilines is 2. The Kier molecular flexibility index (Phi) is 6.31. The zero-order valence-corrected chi connectivity index (χ0v) is 22.6. The highest BCUT2D eigenvalue weighted by Crippen LogP contribution is 2.44. The van der Waals surface area contributed by atoms with E-state index < -0.39 is 0 Å². The monoisotopic (exact) mass is 495 g/mol. The standard InChI is InChI=1S/C30H33N5S/c1-19-10-11-20(2)27(17-19)34-21(3)18-25(22(34)4)29-28(26-9-7-8-16-31-26)32-30(36)35(29)24-14-12-23(13-15-24)33(5)6/h7-18,28-29H,1-6H3,(H,32,36). The molecule has 0 amide bonds. The summed E-state index contributed by atoms with van der Waals surface area (Å²) < 4.78 is 2.38. The van der Waals surface area contributed by atoms with Gasteiger partial charge in [0.15, 0.2) is 5.11 Å². The number of hydrogen-bond acceptors (Lipinski definition) is 3. The normalized spacial score (nSPS) is 17.4. The molecule has 0 spiro atoms. The van der Waals surface area contributed by atoms with Crippen molar-refractivity contribution in [1.29, 1.82) is 0 Å². The fraction of sp³-hybridized carbons (Fsp3) is 0.267. The van der Waals surface area contributed by atoms with Crippen molar-refractivity contribution in [2.24, 2.45) is 0 Å². The van der Waals surface area contributed by atoms with Crippen molar-refractivity contribution < 1.29 is 0 Å². The van der Waals surface area contributed by atoms with Crippen molar-refractivity contribution in [3.8, 4) is 5.69 Å². The molecule has 184 valence electrons. The van der Waals surface area contributed by atoms with Gasteiger partial charge in [0, 0.05) is 48.7 Å². The molecule has 1 saturated heterocycles. The number of thiocarbonyl (C=S) groups is 1. The first-order valence-corrected chi connectivity index (χ1v) is 12.7. The van der Waals surface area contributed by atoms with Crippen molar-refractivity contribution in [3.05, 3.63) is 107 Å². The second-order valence-corrected chi connectivity index (χ2v) is 10.2. The Morgan fingerprint density at radius 1 is 0.917 bits per heavy atom. The Hall–Kier alpha value is -3.64. The molecule has 0 aliphatic carbocycles. The second kappa shape index (κ2) is 9.43. The van der Waals surface area contributed by atoms with Crippen LogP contribution in [-0.2, 0) is 0 Å². The molecule has 2 aromatic carbocycles. The Bertz CT molecular complexity index is 1410. The predicted molar refractivity (Wildman–Crippen MR) is 153 cm³/mol. The minimum Gasteiger partial charge on any atom is -0.378 e. The van der Waals surface area contributed by atoms with E-state index in [0.29, 0.717) is 5.11 Å². The van der Waals surface area contributed by atoms with Crippen LogP contribution in [0.1, 0.15) is 45.9 Å². The first kappa shape index (κ1) is 24.1. The molecule has 36 heavy (non-hydrogen) atoms. The summed E-state index contributed by atoms with van der Waals surface area (Å²) in [6.07, 6.45) is 1.85. The third-order valence-corrected chi connectivity index (χ3v) is 7.45. The van der Waals surface area contributed by atoms with E-state index >= 15 is 0 Å². The molecule has 6 heteroatoms. The van der Waals surface area contributed by atoms with E-state index in [9.17, 15) is 0 Å². The van der Waals surface area contributed by atoms with E-state index in [4.69, 9.17) is 17.2 Å². The molecule has 1 N–H and O–H groups in total. The summed E-state index contributed by atoms with van der Waals surface area (Å²) in [4.78, 5) is 9.08. The van der Waals surface area contributed by atoms with E-state index in [0.717, 1.165) is 17.1 Å². The smallest absolute Gasteiger partial charge is 0.174 e. The average molecular weight is 496 g/mol. The molecule has 2 unspecified atom stereocenters. The van der Waals surface area contributed by atoms with E-state index in [1.165, 1.54) is 33.8 Å². The highest BCUT2D eigenvalue weighted by atomic mass is 32.1. The topological polar surface area (TPSA) is 36.3 Å². The van der Waals surface area contributed by atoms with E-state index in [1.807, 2.05) is 18.3 Å². The second-order valence-electron chi connectivity index (χ2n) is 9.86. The largest absolute Gasteiger partial charge is 0.378 e. The quantitative estimate of drug-likeness (QED) is 0.327. The van der Waals surface area contributed by atoms with Gasteiger partial charge < -0.3 is 19.7 Å². The fourth-order valence-corrected chi connectivity index (χ4v) is 5.62. The van der Waals surface area contributed by atoms with Gasteiger partial charge in [-0.05, 0) is 105 Å². The van der Waals surface area contributed by atoms with Crippen LogP contribution in [0.15, 0.2) is 72.9 Å². The number of pyridine rings is 1. The third kappa shape index (κ3) is 4.16. The van der Waals surface area contributed by atoms with E-state index in [2.05, 4.69) is 116 Å². The number of hydrogen-bond donors (Lipinski definition) is 1. The summed E-state index contributed by atoms with van der Waals surface area (Å²) in [6, 6.07) is 23.5. The maximum absolute atomic E-state index is 5.95. The van der Waals surface area contributed by atoms with Gasteiger partial charge in [-0.2, -0.15) is 0 Å². The lowest BCUT2D eigenvalue weighted by Gasteiger charge is -2.28. The number of aryl methyl sites for hydroxylation is 3. The van der Waals surface area contributed by atoms with Crippen molar-refractivity contribution in [1.82, 2.24) is 14.9 Å². The van der Waals surface area contributed by atoms with Gasteiger partial charge in [-0.25, -0.2) is 0 Å². The number of rotatable bonds is 5. The zero-order valence-electron chi connectivity index (χ0n) is 21.8. The van der Waals surface area contributed by atoms with Crippen molar-refractivity contribution in [2.75, 3.05) is 23.9 Å². The molecule has 4 aromatic rings. The minimum atomic E-state index is -0.0696. The number of benzene rings is 2. The molecule has 2 aromatic heterocycles. The molecule has 2 atom stereocenters. The van der Waals surface area contributed by atoms with Crippen LogP contribution in [0.25, 0.3) is 5.69 Å². The highest BCUT2D eigenvalue weighted by molar-refractivity contribution is 7.80. The van der Waals surface area contributed by atoms with Crippen LogP contribution >= 0.6 is 12.2 Å². The Morgan fingerprint density at radius 2 is 1.67 bits per heavy atom. The molecule has 5 rings (SSSR count). The maximum Gasteiger partial charge on any atom is 0.174 e. The maximum atomic E-state index is 5.95. The zero-order chi connectivity index (χ0) is 25.6.